The van der Waals surface area contributed by atoms with Crippen molar-refractivity contribution in [3.63, 3.8) is 0 Å². The van der Waals surface area contributed by atoms with Crippen LogP contribution in [-0.4, -0.2) is 43.2 Å². The number of esters is 1. The Balaban J connectivity index is 1.53. The van der Waals surface area contributed by atoms with Gasteiger partial charge in [0.05, 0.1) is 37.9 Å². The number of aromatic nitrogens is 2. The number of carbonyl (C=O) groups excluding carboxylic acids is 2. The van der Waals surface area contributed by atoms with E-state index >= 15 is 0 Å². The normalized spacial score (nSPS) is 13.7. The molecule has 0 bridgehead atoms. The number of nitrogens with one attached hydrogen (secondary N) is 2. The van der Waals surface area contributed by atoms with E-state index in [9.17, 15) is 9.59 Å². The predicted octanol–water partition coefficient (Wildman–Crippen LogP) is 8.17. The standard InChI is InChI=1S/C33H38BrN3O5S/c1-18-13-19(2)29-21(14-18)22(16-28(38)42-5)31(35-29)32(39)37-33-36-30(23-15-24(34)26(41-4)17-25(23)40-3)27(43-33)12-11-20-9-7-6-8-10-20/h13-15,17,20,35H,6-12,16H2,1-5H3,(H,36,37,39). The van der Waals surface area contributed by atoms with Crippen molar-refractivity contribution >= 4 is 55.2 Å². The monoisotopic (exact) mass is 667 g/mol. The largest absolute Gasteiger partial charge is 0.496 e. The highest BCUT2D eigenvalue weighted by Gasteiger charge is 2.25. The number of methoxy groups -OCH3 is 3. The van der Waals surface area contributed by atoms with Crippen molar-refractivity contribution < 1.29 is 23.8 Å². The maximum Gasteiger partial charge on any atom is 0.310 e. The number of aryl methyl sites for hydroxylation is 3. The number of carbonyl (C=O) groups is 2. The van der Waals surface area contributed by atoms with Crippen molar-refractivity contribution in [1.82, 2.24) is 9.97 Å². The van der Waals surface area contributed by atoms with Gasteiger partial charge in [0.15, 0.2) is 5.13 Å². The van der Waals surface area contributed by atoms with Crippen LogP contribution >= 0.6 is 27.3 Å². The number of ether oxygens (including phenoxy) is 3. The van der Waals surface area contributed by atoms with E-state index in [1.165, 1.54) is 50.6 Å². The van der Waals surface area contributed by atoms with Gasteiger partial charge < -0.3 is 19.2 Å². The van der Waals surface area contributed by atoms with Crippen molar-refractivity contribution in [2.24, 2.45) is 5.92 Å². The molecular weight excluding hydrogens is 630 g/mol. The SMILES string of the molecule is COC(=O)Cc1c(C(=O)Nc2nc(-c3cc(Br)c(OC)cc3OC)c(CCC3CCCCC3)s2)[nH]c2c(C)cc(C)cc12. The number of nitrogens with zero attached hydrogens (tertiary/aromatic N) is 1. The van der Waals surface area contributed by atoms with E-state index in [2.05, 4.69) is 32.3 Å². The number of halogens is 1. The highest BCUT2D eigenvalue weighted by Crippen LogP contribution is 2.43. The molecule has 1 aliphatic rings. The average molecular weight is 669 g/mol. The molecule has 0 saturated heterocycles. The Morgan fingerprint density at radius 3 is 2.49 bits per heavy atom. The lowest BCUT2D eigenvalue weighted by molar-refractivity contribution is -0.139. The van der Waals surface area contributed by atoms with E-state index in [0.717, 1.165) is 55.5 Å². The summed E-state index contributed by atoms with van der Waals surface area (Å²) in [4.78, 5) is 35.5. The number of rotatable bonds is 10. The second kappa shape index (κ2) is 13.5. The third kappa shape index (κ3) is 6.75. The second-order valence-corrected chi connectivity index (χ2v) is 13.1. The summed E-state index contributed by atoms with van der Waals surface area (Å²) in [6.45, 7) is 3.99. The van der Waals surface area contributed by atoms with Crippen molar-refractivity contribution in [2.75, 3.05) is 26.6 Å². The van der Waals surface area contributed by atoms with Gasteiger partial charge in [-0.25, -0.2) is 4.98 Å². The van der Waals surface area contributed by atoms with Crippen LogP contribution in [0, 0.1) is 19.8 Å². The quantitative estimate of drug-likeness (QED) is 0.165. The summed E-state index contributed by atoms with van der Waals surface area (Å²) in [5, 5.41) is 4.37. The van der Waals surface area contributed by atoms with E-state index in [0.29, 0.717) is 33.8 Å². The Bertz CT molecular complexity index is 1650. The van der Waals surface area contributed by atoms with Crippen molar-refractivity contribution in [2.45, 2.75) is 65.2 Å². The van der Waals surface area contributed by atoms with Crippen LogP contribution in [0.4, 0.5) is 5.13 Å². The van der Waals surface area contributed by atoms with Crippen molar-refractivity contribution in [3.8, 4) is 22.8 Å². The molecule has 10 heteroatoms. The fourth-order valence-electron chi connectivity index (χ4n) is 6.10. The molecule has 5 rings (SSSR count). The van der Waals surface area contributed by atoms with E-state index in [1.807, 2.05) is 32.0 Å². The van der Waals surface area contributed by atoms with Crippen LogP contribution < -0.4 is 14.8 Å². The summed E-state index contributed by atoms with van der Waals surface area (Å²) < 4.78 is 17.0. The third-order valence-electron chi connectivity index (χ3n) is 8.28. The smallest absolute Gasteiger partial charge is 0.310 e. The first-order valence-electron chi connectivity index (χ1n) is 14.6. The number of aromatic amines is 1. The van der Waals surface area contributed by atoms with E-state index in [-0.39, 0.29) is 12.3 Å². The van der Waals surface area contributed by atoms with Gasteiger partial charge >= 0.3 is 5.97 Å². The molecule has 0 unspecified atom stereocenters. The highest BCUT2D eigenvalue weighted by molar-refractivity contribution is 9.10. The summed E-state index contributed by atoms with van der Waals surface area (Å²) in [6, 6.07) is 7.84. The zero-order chi connectivity index (χ0) is 30.7. The molecule has 1 saturated carbocycles. The third-order valence-corrected chi connectivity index (χ3v) is 9.93. The van der Waals surface area contributed by atoms with Gasteiger partial charge in [-0.15, -0.1) is 11.3 Å². The molecule has 8 nitrogen and oxygen atoms in total. The van der Waals surface area contributed by atoms with Gasteiger partial charge in [-0.3, -0.25) is 14.9 Å². The first-order valence-corrected chi connectivity index (χ1v) is 16.2. The lowest BCUT2D eigenvalue weighted by Gasteiger charge is -2.21. The molecule has 2 heterocycles. The molecule has 0 aliphatic heterocycles. The summed E-state index contributed by atoms with van der Waals surface area (Å²) in [5.41, 5.74) is 5.44. The maximum atomic E-state index is 13.8. The minimum atomic E-state index is -0.409. The maximum absolute atomic E-state index is 13.8. The molecule has 1 amide bonds. The molecule has 1 aliphatic carbocycles. The lowest BCUT2D eigenvalue weighted by Crippen LogP contribution is -2.16. The Morgan fingerprint density at radius 1 is 1.05 bits per heavy atom. The number of anilines is 1. The van der Waals surface area contributed by atoms with Crippen LogP contribution in [0.3, 0.4) is 0 Å². The number of hydrogen-bond donors (Lipinski definition) is 2. The molecule has 1 fully saturated rings. The van der Waals surface area contributed by atoms with Gasteiger partial charge in [0.25, 0.3) is 5.91 Å². The zero-order valence-electron chi connectivity index (χ0n) is 25.3. The Labute approximate surface area is 264 Å². The fourth-order valence-corrected chi connectivity index (χ4v) is 7.59. The fraction of sp³-hybridized carbons (Fsp3) is 0.424. The van der Waals surface area contributed by atoms with Crippen LogP contribution in [0.1, 0.15) is 70.6 Å². The topological polar surface area (TPSA) is 103 Å². The van der Waals surface area contributed by atoms with Crippen LogP contribution in [0.15, 0.2) is 28.7 Å². The summed E-state index contributed by atoms with van der Waals surface area (Å²) in [7, 11) is 4.60. The van der Waals surface area contributed by atoms with Crippen LogP contribution in [0.25, 0.3) is 22.2 Å². The molecule has 0 radical (unpaired) electrons. The number of H-pyrrole nitrogens is 1. The molecule has 228 valence electrons. The van der Waals surface area contributed by atoms with Crippen molar-refractivity contribution in [3.05, 3.63) is 56.0 Å². The minimum Gasteiger partial charge on any atom is -0.496 e. The Hall–Kier alpha value is -3.37. The van der Waals surface area contributed by atoms with E-state index in [4.69, 9.17) is 19.2 Å². The van der Waals surface area contributed by atoms with Gasteiger partial charge in [-0.1, -0.05) is 43.7 Å². The molecular formula is C33H38BrN3O5S. The number of thiazole rings is 1. The molecule has 2 N–H and O–H groups in total. The zero-order valence-corrected chi connectivity index (χ0v) is 27.7. The second-order valence-electron chi connectivity index (χ2n) is 11.2. The van der Waals surface area contributed by atoms with Gasteiger partial charge in [-0.2, -0.15) is 0 Å². The first-order chi connectivity index (χ1) is 20.7. The molecule has 0 atom stereocenters. The van der Waals surface area contributed by atoms with Gasteiger partial charge in [0.2, 0.25) is 0 Å². The first kappa shape index (κ1) is 31.1. The van der Waals surface area contributed by atoms with E-state index < -0.39 is 5.97 Å². The number of hydrogen-bond acceptors (Lipinski definition) is 7. The number of amides is 1. The van der Waals surface area contributed by atoms with Crippen LogP contribution in [0.2, 0.25) is 0 Å². The lowest BCUT2D eigenvalue weighted by atomic mass is 9.86. The van der Waals surface area contributed by atoms with Gasteiger partial charge in [-0.05, 0) is 66.2 Å². The van der Waals surface area contributed by atoms with Gasteiger partial charge in [0, 0.05) is 33.0 Å². The summed E-state index contributed by atoms with van der Waals surface area (Å²) in [5.74, 6) is 1.24. The Morgan fingerprint density at radius 2 is 1.79 bits per heavy atom. The molecule has 43 heavy (non-hydrogen) atoms. The molecule has 2 aromatic carbocycles. The minimum absolute atomic E-state index is 0.0189. The highest BCUT2D eigenvalue weighted by atomic mass is 79.9. The Kier molecular flexibility index (Phi) is 9.76. The predicted molar refractivity (Wildman–Crippen MR) is 175 cm³/mol. The van der Waals surface area contributed by atoms with E-state index in [1.54, 1.807) is 14.2 Å². The van der Waals surface area contributed by atoms with Crippen LogP contribution in [0.5, 0.6) is 11.5 Å². The average Bonchev–Trinajstić information content (AvgIpc) is 3.57. The van der Waals surface area contributed by atoms with Gasteiger partial charge in [0.1, 0.15) is 17.2 Å². The summed E-state index contributed by atoms with van der Waals surface area (Å²) in [6.07, 6.45) is 8.34. The van der Waals surface area contributed by atoms with Crippen molar-refractivity contribution in [1.29, 1.82) is 0 Å². The summed E-state index contributed by atoms with van der Waals surface area (Å²) >= 11 is 5.10. The number of fused-ring (bicyclic) bond motifs is 1. The molecule has 0 spiro atoms. The number of benzene rings is 2. The van der Waals surface area contributed by atoms with Crippen LogP contribution in [-0.2, 0) is 22.4 Å². The molecule has 2 aromatic heterocycles. The molecule has 4 aromatic rings.